The van der Waals surface area contributed by atoms with Crippen LogP contribution in [0.15, 0.2) is 18.2 Å². The number of hydrogen-bond donors (Lipinski definition) is 0. The van der Waals surface area contributed by atoms with Crippen molar-refractivity contribution in [3.63, 3.8) is 0 Å². The molecule has 0 aromatic heterocycles. The highest BCUT2D eigenvalue weighted by molar-refractivity contribution is 5.49. The molecule has 5 heteroatoms. The predicted molar refractivity (Wildman–Crippen MR) is 107 cm³/mol. The molecule has 1 aromatic carbocycles. The third-order valence-corrected chi connectivity index (χ3v) is 5.68. The number of hydrogen-bond acceptors (Lipinski definition) is 5. The maximum atomic E-state index is 10.4. The van der Waals surface area contributed by atoms with Crippen molar-refractivity contribution in [2.45, 2.75) is 51.4 Å². The Hall–Kier alpha value is -1.43. The summed E-state index contributed by atoms with van der Waals surface area (Å²) in [6, 6.07) is 6.51. The second kappa shape index (κ2) is 11.4. The molecule has 0 unspecified atom stereocenters. The summed E-state index contributed by atoms with van der Waals surface area (Å²) in [6.07, 6.45) is 9.49. The molecule has 2 aliphatic rings. The second-order valence-electron chi connectivity index (χ2n) is 7.72. The number of nitrogens with zero attached hydrogens (tertiary/aromatic N) is 2. The summed E-state index contributed by atoms with van der Waals surface area (Å²) in [7, 11) is 0. The Morgan fingerprint density at radius 2 is 1.74 bits per heavy atom. The molecule has 1 aromatic rings. The van der Waals surface area contributed by atoms with Crippen molar-refractivity contribution in [2.24, 2.45) is 0 Å². The Bertz CT molecular complexity index is 571. The average molecular weight is 375 g/mol. The van der Waals surface area contributed by atoms with Gasteiger partial charge in [-0.1, -0.05) is 18.2 Å². The van der Waals surface area contributed by atoms with Crippen LogP contribution in [0.3, 0.4) is 0 Å². The van der Waals surface area contributed by atoms with Crippen LogP contribution >= 0.6 is 0 Å². The summed E-state index contributed by atoms with van der Waals surface area (Å²) in [6.45, 7) is 7.50. The number of aldehydes is 1. The molecule has 3 rings (SSSR count). The number of carbonyl (C=O) groups is 1. The molecular weight excluding hydrogens is 340 g/mol. The standard InChI is InChI=1S/C22H34N2O3/c25-18-5-4-13-24-16-14-23(15-17-24)12-3-1-8-20-10-7-11-21-9-2-6-19-26-27-22(20)21/h7,10-11,18H,1-6,8-9,12-17,19H2. The van der Waals surface area contributed by atoms with E-state index in [0.717, 1.165) is 70.4 Å². The molecule has 27 heavy (non-hydrogen) atoms. The van der Waals surface area contributed by atoms with E-state index >= 15 is 0 Å². The Morgan fingerprint density at radius 1 is 0.963 bits per heavy atom. The number of para-hydroxylation sites is 1. The van der Waals surface area contributed by atoms with Crippen molar-refractivity contribution >= 4 is 6.29 Å². The molecule has 0 radical (unpaired) electrons. The average Bonchev–Trinajstić information content (AvgIpc) is 2.67. The summed E-state index contributed by atoms with van der Waals surface area (Å²) in [5.74, 6) is 0.973. The fraction of sp³-hybridized carbons (Fsp3) is 0.682. The Labute approximate surface area is 163 Å². The first-order valence-electron chi connectivity index (χ1n) is 10.7. The van der Waals surface area contributed by atoms with Crippen LogP contribution in [0.4, 0.5) is 0 Å². The predicted octanol–water partition coefficient (Wildman–Crippen LogP) is 3.25. The highest BCUT2D eigenvalue weighted by Crippen LogP contribution is 2.28. The fourth-order valence-electron chi connectivity index (χ4n) is 4.00. The quantitative estimate of drug-likeness (QED) is 0.377. The first-order chi connectivity index (χ1) is 13.4. The summed E-state index contributed by atoms with van der Waals surface area (Å²) in [5, 5.41) is 0. The van der Waals surface area contributed by atoms with Crippen LogP contribution in [-0.2, 0) is 22.5 Å². The van der Waals surface area contributed by atoms with Gasteiger partial charge in [0.2, 0.25) is 0 Å². The number of carbonyl (C=O) groups excluding carboxylic acids is 1. The van der Waals surface area contributed by atoms with E-state index in [1.807, 2.05) is 0 Å². The van der Waals surface area contributed by atoms with Gasteiger partial charge in [-0.2, -0.15) is 4.89 Å². The molecule has 0 bridgehead atoms. The van der Waals surface area contributed by atoms with Gasteiger partial charge in [-0.25, -0.2) is 0 Å². The van der Waals surface area contributed by atoms with Gasteiger partial charge in [-0.15, -0.1) is 0 Å². The largest absolute Gasteiger partial charge is 0.337 e. The van der Waals surface area contributed by atoms with Gasteiger partial charge in [0, 0.05) is 32.6 Å². The smallest absolute Gasteiger partial charge is 0.171 e. The minimum Gasteiger partial charge on any atom is -0.337 e. The molecule has 0 aliphatic carbocycles. The zero-order valence-electron chi connectivity index (χ0n) is 16.5. The van der Waals surface area contributed by atoms with E-state index in [1.54, 1.807) is 0 Å². The highest BCUT2D eigenvalue weighted by Gasteiger charge is 2.16. The van der Waals surface area contributed by atoms with E-state index in [-0.39, 0.29) is 0 Å². The van der Waals surface area contributed by atoms with Crippen LogP contribution in [0.25, 0.3) is 0 Å². The van der Waals surface area contributed by atoms with E-state index in [2.05, 4.69) is 28.0 Å². The highest BCUT2D eigenvalue weighted by atomic mass is 17.2. The summed E-state index contributed by atoms with van der Waals surface area (Å²) in [5.41, 5.74) is 2.58. The molecule has 1 fully saturated rings. The van der Waals surface area contributed by atoms with Crippen LogP contribution in [0.5, 0.6) is 5.75 Å². The Balaban J connectivity index is 1.36. The van der Waals surface area contributed by atoms with Crippen molar-refractivity contribution in [1.82, 2.24) is 9.80 Å². The van der Waals surface area contributed by atoms with E-state index in [0.29, 0.717) is 13.0 Å². The van der Waals surface area contributed by atoms with Gasteiger partial charge in [0.25, 0.3) is 0 Å². The van der Waals surface area contributed by atoms with Crippen molar-refractivity contribution in [2.75, 3.05) is 45.9 Å². The van der Waals surface area contributed by atoms with Crippen molar-refractivity contribution in [1.29, 1.82) is 0 Å². The minimum atomic E-state index is 0.689. The normalized spacial score (nSPS) is 19.0. The number of unbranched alkanes of at least 4 members (excludes halogenated alkanes) is 2. The molecular formula is C22H34N2O3. The zero-order valence-corrected chi connectivity index (χ0v) is 16.5. The van der Waals surface area contributed by atoms with Crippen LogP contribution in [0, 0.1) is 0 Å². The van der Waals surface area contributed by atoms with Gasteiger partial charge < -0.3 is 19.5 Å². The first kappa shape index (κ1) is 20.3. The number of aryl methyl sites for hydroxylation is 2. The molecule has 0 spiro atoms. The summed E-state index contributed by atoms with van der Waals surface area (Å²) >= 11 is 0. The van der Waals surface area contributed by atoms with Crippen LogP contribution < -0.4 is 4.89 Å². The maximum Gasteiger partial charge on any atom is 0.171 e. The summed E-state index contributed by atoms with van der Waals surface area (Å²) in [4.78, 5) is 26.5. The van der Waals surface area contributed by atoms with Gasteiger partial charge in [-0.3, -0.25) is 0 Å². The number of piperazine rings is 1. The first-order valence-corrected chi connectivity index (χ1v) is 10.7. The van der Waals surface area contributed by atoms with E-state index in [1.165, 1.54) is 36.9 Å². The molecule has 150 valence electrons. The van der Waals surface area contributed by atoms with Crippen LogP contribution in [0.2, 0.25) is 0 Å². The van der Waals surface area contributed by atoms with Crippen molar-refractivity contribution in [3.8, 4) is 5.75 Å². The summed E-state index contributed by atoms with van der Waals surface area (Å²) < 4.78 is 0. The molecule has 2 aliphatic heterocycles. The zero-order chi connectivity index (χ0) is 18.7. The monoisotopic (exact) mass is 374 g/mol. The molecule has 2 heterocycles. The number of rotatable bonds is 9. The SMILES string of the molecule is O=CCCCN1CCN(CCCCc2cccc3c2OOCCCC3)CC1. The lowest BCUT2D eigenvalue weighted by molar-refractivity contribution is -0.210. The molecule has 0 saturated carbocycles. The Morgan fingerprint density at radius 3 is 2.52 bits per heavy atom. The van der Waals surface area contributed by atoms with E-state index in [9.17, 15) is 4.79 Å². The van der Waals surface area contributed by atoms with Gasteiger partial charge in [0.15, 0.2) is 5.75 Å². The van der Waals surface area contributed by atoms with Crippen LogP contribution in [-0.4, -0.2) is 62.0 Å². The molecule has 0 N–H and O–H groups in total. The maximum absolute atomic E-state index is 10.4. The fourth-order valence-corrected chi connectivity index (χ4v) is 4.00. The van der Waals surface area contributed by atoms with Crippen molar-refractivity contribution < 1.29 is 14.6 Å². The van der Waals surface area contributed by atoms with Gasteiger partial charge in [0.05, 0.1) is 6.61 Å². The molecule has 0 atom stereocenters. The van der Waals surface area contributed by atoms with Gasteiger partial charge in [0.1, 0.15) is 6.29 Å². The van der Waals surface area contributed by atoms with Gasteiger partial charge >= 0.3 is 0 Å². The lowest BCUT2D eigenvalue weighted by atomic mass is 10.00. The lowest BCUT2D eigenvalue weighted by Crippen LogP contribution is -2.46. The van der Waals surface area contributed by atoms with E-state index < -0.39 is 0 Å². The Kier molecular flexibility index (Phi) is 8.59. The lowest BCUT2D eigenvalue weighted by Gasteiger charge is -2.34. The van der Waals surface area contributed by atoms with Crippen molar-refractivity contribution in [3.05, 3.63) is 29.3 Å². The topological polar surface area (TPSA) is 42.0 Å². The molecule has 5 nitrogen and oxygen atoms in total. The second-order valence-corrected chi connectivity index (χ2v) is 7.72. The van der Waals surface area contributed by atoms with Gasteiger partial charge in [-0.05, 0) is 69.2 Å². The van der Waals surface area contributed by atoms with Crippen LogP contribution in [0.1, 0.15) is 49.7 Å². The third kappa shape index (κ3) is 6.59. The van der Waals surface area contributed by atoms with E-state index in [4.69, 9.17) is 9.78 Å². The molecule has 1 saturated heterocycles. The minimum absolute atomic E-state index is 0.689. The number of fused-ring (bicyclic) bond motifs is 1. The molecule has 0 amide bonds. The number of benzene rings is 1. The third-order valence-electron chi connectivity index (χ3n) is 5.68.